The normalized spacial score (nSPS) is 21.8. The number of methoxy groups -OCH3 is 1. The molecule has 102 valence electrons. The molecular weight excluding hydrogens is 244 g/mol. The van der Waals surface area contributed by atoms with Crippen LogP contribution in [-0.2, 0) is 14.3 Å². The Bertz CT molecular complexity index is 217. The molecule has 2 atom stereocenters. The van der Waals surface area contributed by atoms with Gasteiger partial charge in [-0.3, -0.25) is 4.79 Å². The molecule has 1 rings (SSSR count). The van der Waals surface area contributed by atoms with Gasteiger partial charge in [0, 0.05) is 33.4 Å². The maximum absolute atomic E-state index is 11.5. The second-order valence-electron chi connectivity index (χ2n) is 3.87. The van der Waals surface area contributed by atoms with Gasteiger partial charge in [0.25, 0.3) is 0 Å². The maximum Gasteiger partial charge on any atom is 0.225 e. The van der Waals surface area contributed by atoms with Crippen LogP contribution >= 0.6 is 12.4 Å². The molecule has 0 aromatic rings. The van der Waals surface area contributed by atoms with Crippen LogP contribution in [0.1, 0.15) is 13.3 Å². The van der Waals surface area contributed by atoms with E-state index in [9.17, 15) is 4.79 Å². The molecule has 0 radical (unpaired) electrons. The van der Waals surface area contributed by atoms with Crippen molar-refractivity contribution >= 4 is 18.3 Å². The van der Waals surface area contributed by atoms with E-state index in [0.717, 1.165) is 19.5 Å². The van der Waals surface area contributed by atoms with Gasteiger partial charge in [-0.1, -0.05) is 0 Å². The minimum absolute atomic E-state index is 0. The molecule has 0 aromatic heterocycles. The summed E-state index contributed by atoms with van der Waals surface area (Å²) >= 11 is 0. The Morgan fingerprint density at radius 2 is 2.12 bits per heavy atom. The van der Waals surface area contributed by atoms with Crippen molar-refractivity contribution in [3.8, 4) is 0 Å². The number of amides is 1. The first-order valence-corrected chi connectivity index (χ1v) is 5.88. The summed E-state index contributed by atoms with van der Waals surface area (Å²) in [4.78, 5) is 11.5. The molecule has 0 aliphatic heterocycles. The molecule has 1 aliphatic rings. The van der Waals surface area contributed by atoms with E-state index < -0.39 is 0 Å². The first-order valence-electron chi connectivity index (χ1n) is 5.88. The van der Waals surface area contributed by atoms with Gasteiger partial charge in [-0.15, -0.1) is 12.4 Å². The zero-order chi connectivity index (χ0) is 11.8. The highest BCUT2D eigenvalue weighted by molar-refractivity contribution is 5.85. The van der Waals surface area contributed by atoms with E-state index in [2.05, 4.69) is 10.6 Å². The first kappa shape index (κ1) is 16.6. The summed E-state index contributed by atoms with van der Waals surface area (Å²) < 4.78 is 10.2. The van der Waals surface area contributed by atoms with Gasteiger partial charge in [0.1, 0.15) is 0 Å². The number of carbonyl (C=O) groups excluding carboxylic acids is 1. The van der Waals surface area contributed by atoms with Crippen molar-refractivity contribution in [2.24, 2.45) is 5.92 Å². The summed E-state index contributed by atoms with van der Waals surface area (Å²) in [6.45, 7) is 5.60. The molecular formula is C11H23ClN2O3. The summed E-state index contributed by atoms with van der Waals surface area (Å²) in [7, 11) is 1.67. The SMILES string of the molecule is CCOC1CC1C(=O)NCCNCCOC.Cl. The van der Waals surface area contributed by atoms with Crippen LogP contribution in [0, 0.1) is 5.92 Å². The number of hydrogen-bond donors (Lipinski definition) is 2. The molecule has 2 N–H and O–H groups in total. The second kappa shape index (κ2) is 9.65. The van der Waals surface area contributed by atoms with E-state index in [0.29, 0.717) is 19.8 Å². The largest absolute Gasteiger partial charge is 0.383 e. The van der Waals surface area contributed by atoms with E-state index in [1.807, 2.05) is 6.92 Å². The molecule has 1 saturated carbocycles. The Morgan fingerprint density at radius 3 is 2.76 bits per heavy atom. The molecule has 0 spiro atoms. The van der Waals surface area contributed by atoms with Crippen molar-refractivity contribution in [1.29, 1.82) is 0 Å². The van der Waals surface area contributed by atoms with E-state index in [1.54, 1.807) is 7.11 Å². The molecule has 0 saturated heterocycles. The molecule has 0 heterocycles. The highest BCUT2D eigenvalue weighted by Crippen LogP contribution is 2.33. The molecule has 6 heteroatoms. The predicted molar refractivity (Wildman–Crippen MR) is 68.5 cm³/mol. The van der Waals surface area contributed by atoms with Gasteiger partial charge in [-0.05, 0) is 13.3 Å². The monoisotopic (exact) mass is 266 g/mol. The summed E-state index contributed by atoms with van der Waals surface area (Å²) in [6.07, 6.45) is 1.03. The minimum Gasteiger partial charge on any atom is -0.383 e. The minimum atomic E-state index is 0. The Labute approximate surface area is 109 Å². The molecule has 1 aliphatic carbocycles. The van der Waals surface area contributed by atoms with Crippen molar-refractivity contribution in [3.05, 3.63) is 0 Å². The average Bonchev–Trinajstić information content (AvgIpc) is 3.03. The number of halogens is 1. The Balaban J connectivity index is 0.00000256. The van der Waals surface area contributed by atoms with Crippen molar-refractivity contribution in [1.82, 2.24) is 10.6 Å². The molecule has 17 heavy (non-hydrogen) atoms. The first-order chi connectivity index (χ1) is 7.79. The van der Waals surface area contributed by atoms with Crippen molar-refractivity contribution in [3.63, 3.8) is 0 Å². The van der Waals surface area contributed by atoms with Crippen molar-refractivity contribution in [2.45, 2.75) is 19.4 Å². The van der Waals surface area contributed by atoms with Crippen molar-refractivity contribution < 1.29 is 14.3 Å². The summed E-state index contributed by atoms with van der Waals surface area (Å²) in [6, 6.07) is 0. The van der Waals surface area contributed by atoms with E-state index in [1.165, 1.54) is 0 Å². The van der Waals surface area contributed by atoms with Gasteiger partial charge in [0.2, 0.25) is 5.91 Å². The van der Waals surface area contributed by atoms with Crippen LogP contribution in [0.3, 0.4) is 0 Å². The molecule has 0 aromatic carbocycles. The van der Waals surface area contributed by atoms with Crippen LogP contribution in [0.5, 0.6) is 0 Å². The van der Waals surface area contributed by atoms with Gasteiger partial charge in [-0.25, -0.2) is 0 Å². The summed E-state index contributed by atoms with van der Waals surface area (Å²) in [5.74, 6) is 0.200. The lowest BCUT2D eigenvalue weighted by Gasteiger charge is -2.06. The fourth-order valence-electron chi connectivity index (χ4n) is 1.55. The molecule has 1 amide bonds. The Kier molecular flexibility index (Phi) is 9.44. The lowest BCUT2D eigenvalue weighted by atomic mass is 10.4. The van der Waals surface area contributed by atoms with Gasteiger partial charge in [-0.2, -0.15) is 0 Å². The van der Waals surface area contributed by atoms with Crippen molar-refractivity contribution in [2.75, 3.05) is 40.0 Å². The van der Waals surface area contributed by atoms with Crippen LogP contribution in [0.4, 0.5) is 0 Å². The highest BCUT2D eigenvalue weighted by atomic mass is 35.5. The van der Waals surface area contributed by atoms with Gasteiger partial charge in [0.05, 0.1) is 18.6 Å². The van der Waals surface area contributed by atoms with Crippen LogP contribution in [0.2, 0.25) is 0 Å². The number of carbonyl (C=O) groups is 1. The van der Waals surface area contributed by atoms with E-state index in [-0.39, 0.29) is 30.3 Å². The molecule has 2 unspecified atom stereocenters. The van der Waals surface area contributed by atoms with Crippen LogP contribution in [0.25, 0.3) is 0 Å². The van der Waals surface area contributed by atoms with Crippen LogP contribution in [-0.4, -0.2) is 52.0 Å². The number of ether oxygens (including phenoxy) is 2. The Morgan fingerprint density at radius 1 is 1.35 bits per heavy atom. The number of nitrogens with one attached hydrogen (secondary N) is 2. The lowest BCUT2D eigenvalue weighted by Crippen LogP contribution is -2.34. The molecule has 1 fully saturated rings. The van der Waals surface area contributed by atoms with Crippen LogP contribution < -0.4 is 10.6 Å². The zero-order valence-corrected chi connectivity index (χ0v) is 11.3. The smallest absolute Gasteiger partial charge is 0.225 e. The predicted octanol–water partition coefficient (Wildman–Crippen LogP) is 0.185. The average molecular weight is 267 g/mol. The summed E-state index contributed by atoms with van der Waals surface area (Å²) in [5.41, 5.74) is 0. The topological polar surface area (TPSA) is 59.6 Å². The third-order valence-corrected chi connectivity index (χ3v) is 2.53. The number of hydrogen-bond acceptors (Lipinski definition) is 4. The maximum atomic E-state index is 11.5. The molecule has 0 bridgehead atoms. The zero-order valence-electron chi connectivity index (χ0n) is 10.5. The van der Waals surface area contributed by atoms with Gasteiger partial charge >= 0.3 is 0 Å². The molecule has 5 nitrogen and oxygen atoms in total. The third kappa shape index (κ3) is 6.83. The van der Waals surface area contributed by atoms with Gasteiger partial charge in [0.15, 0.2) is 0 Å². The second-order valence-corrected chi connectivity index (χ2v) is 3.87. The Hall–Kier alpha value is -0.360. The standard InChI is InChI=1S/C11H22N2O3.ClH/c1-3-16-10-8-9(10)11(14)13-5-4-12-6-7-15-2;/h9-10,12H,3-8H2,1-2H3,(H,13,14);1H. The highest BCUT2D eigenvalue weighted by Gasteiger charge is 2.43. The van der Waals surface area contributed by atoms with Gasteiger partial charge < -0.3 is 20.1 Å². The quantitative estimate of drug-likeness (QED) is 0.585. The lowest BCUT2D eigenvalue weighted by molar-refractivity contribution is -0.123. The third-order valence-electron chi connectivity index (χ3n) is 2.53. The van der Waals surface area contributed by atoms with E-state index in [4.69, 9.17) is 9.47 Å². The number of rotatable bonds is 9. The van der Waals surface area contributed by atoms with Crippen LogP contribution in [0.15, 0.2) is 0 Å². The van der Waals surface area contributed by atoms with E-state index >= 15 is 0 Å². The summed E-state index contributed by atoms with van der Waals surface area (Å²) in [5, 5.41) is 6.05. The fraction of sp³-hybridized carbons (Fsp3) is 0.909. The fourth-order valence-corrected chi connectivity index (χ4v) is 1.55.